The number of rotatable bonds is 4. The molecule has 0 saturated carbocycles. The summed E-state index contributed by atoms with van der Waals surface area (Å²) in [5.74, 6) is 0. The lowest BCUT2D eigenvalue weighted by atomic mass is 10.1. The maximum absolute atomic E-state index is 12.4. The van der Waals surface area contributed by atoms with Crippen molar-refractivity contribution in [1.29, 1.82) is 0 Å². The monoisotopic (exact) mass is 380 g/mol. The minimum atomic E-state index is -3.68. The Balaban J connectivity index is 2.29. The van der Waals surface area contributed by atoms with E-state index in [4.69, 9.17) is 0 Å². The Morgan fingerprint density at radius 1 is 1.14 bits per heavy atom. The predicted octanol–water partition coefficient (Wildman–Crippen LogP) is 3.77. The van der Waals surface area contributed by atoms with E-state index >= 15 is 0 Å². The van der Waals surface area contributed by atoms with E-state index in [-0.39, 0.29) is 4.90 Å². The second kappa shape index (κ2) is 6.62. The molecule has 0 heterocycles. The van der Waals surface area contributed by atoms with Crippen LogP contribution in [0.4, 0.5) is 0 Å². The molecule has 116 valence electrons. The van der Waals surface area contributed by atoms with Crippen molar-refractivity contribution in [3.8, 4) is 0 Å². The SMILES string of the molecule is C/C(=N\NS(=O)(=O)c1cc(C)ccc1C)c1cccc(Br)c1. The number of sulfonamides is 1. The second-order valence-electron chi connectivity index (χ2n) is 5.07. The Morgan fingerprint density at radius 2 is 1.86 bits per heavy atom. The number of hydrogen-bond acceptors (Lipinski definition) is 3. The highest BCUT2D eigenvalue weighted by Gasteiger charge is 2.16. The highest BCUT2D eigenvalue weighted by molar-refractivity contribution is 9.10. The first-order valence-corrected chi connectivity index (χ1v) is 8.96. The summed E-state index contributed by atoms with van der Waals surface area (Å²) in [5, 5.41) is 4.01. The third-order valence-corrected chi connectivity index (χ3v) is 5.05. The summed E-state index contributed by atoms with van der Waals surface area (Å²) in [5.41, 5.74) is 3.01. The number of benzene rings is 2. The van der Waals surface area contributed by atoms with Crippen LogP contribution in [0.15, 0.2) is 56.9 Å². The van der Waals surface area contributed by atoms with Crippen molar-refractivity contribution in [2.45, 2.75) is 25.7 Å². The molecule has 0 bridgehead atoms. The topological polar surface area (TPSA) is 58.5 Å². The molecule has 6 heteroatoms. The lowest BCUT2D eigenvalue weighted by Crippen LogP contribution is -2.21. The highest BCUT2D eigenvalue weighted by Crippen LogP contribution is 2.17. The van der Waals surface area contributed by atoms with Gasteiger partial charge in [0.1, 0.15) is 0 Å². The minimum Gasteiger partial charge on any atom is -0.200 e. The zero-order valence-electron chi connectivity index (χ0n) is 12.6. The molecule has 0 fully saturated rings. The average Bonchev–Trinajstić information content (AvgIpc) is 2.47. The molecule has 1 N–H and O–H groups in total. The number of nitrogens with one attached hydrogen (secondary N) is 1. The minimum absolute atomic E-state index is 0.248. The molecule has 0 saturated heterocycles. The van der Waals surface area contributed by atoms with Crippen molar-refractivity contribution in [2.75, 3.05) is 0 Å². The molecular formula is C16H17BrN2O2S. The first-order chi connectivity index (χ1) is 10.3. The summed E-state index contributed by atoms with van der Waals surface area (Å²) >= 11 is 3.38. The van der Waals surface area contributed by atoms with Crippen molar-refractivity contribution in [3.05, 3.63) is 63.6 Å². The van der Waals surface area contributed by atoms with Gasteiger partial charge in [-0.3, -0.25) is 0 Å². The number of nitrogens with zero attached hydrogens (tertiary/aromatic N) is 1. The van der Waals surface area contributed by atoms with E-state index in [1.807, 2.05) is 37.3 Å². The normalized spacial score (nSPS) is 12.3. The van der Waals surface area contributed by atoms with Gasteiger partial charge in [-0.15, -0.1) is 0 Å². The summed E-state index contributed by atoms with van der Waals surface area (Å²) < 4.78 is 25.7. The van der Waals surface area contributed by atoms with E-state index in [1.54, 1.807) is 26.0 Å². The zero-order valence-corrected chi connectivity index (χ0v) is 15.0. The molecule has 4 nitrogen and oxygen atoms in total. The molecule has 0 amide bonds. The van der Waals surface area contributed by atoms with Gasteiger partial charge >= 0.3 is 0 Å². The van der Waals surface area contributed by atoms with E-state index in [9.17, 15) is 8.42 Å². The molecule has 2 rings (SSSR count). The number of halogens is 1. The van der Waals surface area contributed by atoms with Crippen LogP contribution < -0.4 is 4.83 Å². The van der Waals surface area contributed by atoms with Gasteiger partial charge in [0.15, 0.2) is 0 Å². The van der Waals surface area contributed by atoms with Crippen LogP contribution in [0.25, 0.3) is 0 Å². The summed E-state index contributed by atoms with van der Waals surface area (Å²) in [7, 11) is -3.68. The maximum atomic E-state index is 12.4. The average molecular weight is 381 g/mol. The van der Waals surface area contributed by atoms with E-state index < -0.39 is 10.0 Å². The Kier molecular flexibility index (Phi) is 5.03. The first-order valence-electron chi connectivity index (χ1n) is 6.69. The van der Waals surface area contributed by atoms with Crippen LogP contribution in [0.1, 0.15) is 23.6 Å². The van der Waals surface area contributed by atoms with Crippen LogP contribution in [-0.4, -0.2) is 14.1 Å². The Bertz CT molecular complexity index is 830. The molecule has 0 aliphatic rings. The Labute approximate surface area is 139 Å². The summed E-state index contributed by atoms with van der Waals surface area (Å²) in [6.45, 7) is 5.38. The molecule has 0 spiro atoms. The summed E-state index contributed by atoms with van der Waals surface area (Å²) in [4.78, 5) is 2.55. The Morgan fingerprint density at radius 3 is 2.55 bits per heavy atom. The lowest BCUT2D eigenvalue weighted by Gasteiger charge is -2.09. The van der Waals surface area contributed by atoms with Gasteiger partial charge in [0.05, 0.1) is 10.6 Å². The number of hydrogen-bond donors (Lipinski definition) is 1. The van der Waals surface area contributed by atoms with Crippen LogP contribution in [0, 0.1) is 13.8 Å². The summed E-state index contributed by atoms with van der Waals surface area (Å²) in [6.07, 6.45) is 0. The third-order valence-electron chi connectivity index (χ3n) is 3.21. The zero-order chi connectivity index (χ0) is 16.3. The van der Waals surface area contributed by atoms with Crippen LogP contribution in [0.3, 0.4) is 0 Å². The highest BCUT2D eigenvalue weighted by atomic mass is 79.9. The third kappa shape index (κ3) is 3.96. The molecule has 0 aromatic heterocycles. The van der Waals surface area contributed by atoms with Crippen molar-refractivity contribution in [2.24, 2.45) is 5.10 Å². The molecule has 0 atom stereocenters. The smallest absolute Gasteiger partial charge is 0.200 e. The van der Waals surface area contributed by atoms with Crippen LogP contribution >= 0.6 is 15.9 Å². The molecule has 2 aromatic rings. The van der Waals surface area contributed by atoms with Crippen LogP contribution in [-0.2, 0) is 10.0 Å². The van der Waals surface area contributed by atoms with Crippen molar-refractivity contribution in [3.63, 3.8) is 0 Å². The van der Waals surface area contributed by atoms with Gasteiger partial charge in [-0.2, -0.15) is 18.4 Å². The molecule has 0 aliphatic carbocycles. The van der Waals surface area contributed by atoms with Crippen molar-refractivity contribution in [1.82, 2.24) is 4.83 Å². The molecule has 0 radical (unpaired) electrons. The van der Waals surface area contributed by atoms with Crippen LogP contribution in [0.5, 0.6) is 0 Å². The van der Waals surface area contributed by atoms with Gasteiger partial charge in [0.25, 0.3) is 10.0 Å². The van der Waals surface area contributed by atoms with Gasteiger partial charge in [-0.05, 0) is 55.7 Å². The van der Waals surface area contributed by atoms with E-state index in [0.29, 0.717) is 11.3 Å². The van der Waals surface area contributed by atoms with E-state index in [1.165, 1.54) is 0 Å². The molecule has 0 unspecified atom stereocenters. The summed E-state index contributed by atoms with van der Waals surface area (Å²) in [6, 6.07) is 12.8. The first kappa shape index (κ1) is 16.7. The predicted molar refractivity (Wildman–Crippen MR) is 92.6 cm³/mol. The molecule has 22 heavy (non-hydrogen) atoms. The fourth-order valence-electron chi connectivity index (χ4n) is 1.95. The van der Waals surface area contributed by atoms with Crippen LogP contribution in [0.2, 0.25) is 0 Å². The van der Waals surface area contributed by atoms with Crippen molar-refractivity contribution < 1.29 is 8.42 Å². The van der Waals surface area contributed by atoms with Gasteiger partial charge in [0.2, 0.25) is 0 Å². The fourth-order valence-corrected chi connectivity index (χ4v) is 3.54. The van der Waals surface area contributed by atoms with E-state index in [0.717, 1.165) is 15.6 Å². The lowest BCUT2D eigenvalue weighted by molar-refractivity contribution is 0.583. The van der Waals surface area contributed by atoms with Crippen molar-refractivity contribution >= 4 is 31.7 Å². The van der Waals surface area contributed by atoms with Gasteiger partial charge in [-0.1, -0.05) is 40.2 Å². The fraction of sp³-hybridized carbons (Fsp3) is 0.188. The maximum Gasteiger partial charge on any atom is 0.276 e. The van der Waals surface area contributed by atoms with Gasteiger partial charge in [-0.25, -0.2) is 0 Å². The van der Waals surface area contributed by atoms with Gasteiger partial charge in [0, 0.05) is 4.47 Å². The quantitative estimate of drug-likeness (QED) is 0.648. The molecule has 0 aliphatic heterocycles. The largest absolute Gasteiger partial charge is 0.276 e. The number of hydrazone groups is 1. The van der Waals surface area contributed by atoms with Gasteiger partial charge < -0.3 is 0 Å². The number of aryl methyl sites for hydroxylation is 2. The second-order valence-corrected chi connectivity index (χ2v) is 7.62. The Hall–Kier alpha value is -1.66. The molecule has 2 aromatic carbocycles. The molecular weight excluding hydrogens is 364 g/mol. The standard InChI is InChI=1S/C16H17BrN2O2S/c1-11-7-8-12(2)16(9-11)22(20,21)19-18-13(3)14-5-4-6-15(17)10-14/h4-10,19H,1-3H3/b18-13+. The van der Waals surface area contributed by atoms with E-state index in [2.05, 4.69) is 25.9 Å².